The summed E-state index contributed by atoms with van der Waals surface area (Å²) in [6, 6.07) is 12.5. The topological polar surface area (TPSA) is 42.0 Å². The Hall–Kier alpha value is -1.89. The Morgan fingerprint density at radius 1 is 1.14 bits per heavy atom. The number of morpholine rings is 1. The number of carbonyl (C=O) groups is 1. The van der Waals surface area contributed by atoms with E-state index in [-0.39, 0.29) is 5.91 Å². The predicted molar refractivity (Wildman–Crippen MR) is 113 cm³/mol. The summed E-state index contributed by atoms with van der Waals surface area (Å²) in [5.74, 6) is 0.150. The fraction of sp³-hybridized carbons (Fsp3) is 0.500. The standard InChI is InChI=1S/C22H28N2O3S/c1-2-27-18-8-10-23(11-9-18)21(25)20-16-19(17-6-4-3-5-7-17)22(28-20)24-12-14-26-15-13-24/h3-7,16,18H,2,8-15H2,1H3. The minimum atomic E-state index is 0.150. The maximum atomic E-state index is 13.2. The van der Waals surface area contributed by atoms with E-state index >= 15 is 0 Å². The Balaban J connectivity index is 1.57. The lowest BCUT2D eigenvalue weighted by Gasteiger charge is -2.31. The molecule has 28 heavy (non-hydrogen) atoms. The van der Waals surface area contributed by atoms with Crippen LogP contribution in [-0.4, -0.2) is 62.9 Å². The van der Waals surface area contributed by atoms with Crippen molar-refractivity contribution in [1.82, 2.24) is 4.90 Å². The normalized spacial score (nSPS) is 18.5. The van der Waals surface area contributed by atoms with Crippen LogP contribution in [0.15, 0.2) is 36.4 Å². The Morgan fingerprint density at radius 2 is 1.86 bits per heavy atom. The highest BCUT2D eigenvalue weighted by molar-refractivity contribution is 7.18. The van der Waals surface area contributed by atoms with Gasteiger partial charge in [0.1, 0.15) is 0 Å². The maximum Gasteiger partial charge on any atom is 0.264 e. The maximum absolute atomic E-state index is 13.2. The molecule has 0 bridgehead atoms. The molecule has 0 N–H and O–H groups in total. The van der Waals surface area contributed by atoms with Crippen LogP contribution in [0, 0.1) is 0 Å². The zero-order valence-corrected chi connectivity index (χ0v) is 17.2. The van der Waals surface area contributed by atoms with E-state index in [1.807, 2.05) is 17.9 Å². The number of carbonyl (C=O) groups excluding carboxylic acids is 1. The zero-order valence-electron chi connectivity index (χ0n) is 16.4. The van der Waals surface area contributed by atoms with Gasteiger partial charge in [-0.1, -0.05) is 30.3 Å². The highest BCUT2D eigenvalue weighted by Gasteiger charge is 2.27. The molecule has 1 aromatic carbocycles. The summed E-state index contributed by atoms with van der Waals surface area (Å²) >= 11 is 1.62. The average Bonchev–Trinajstić information content (AvgIpc) is 3.21. The molecule has 0 aliphatic carbocycles. The average molecular weight is 401 g/mol. The van der Waals surface area contributed by atoms with Crippen molar-refractivity contribution in [3.63, 3.8) is 0 Å². The van der Waals surface area contributed by atoms with Crippen molar-refractivity contribution in [3.8, 4) is 11.1 Å². The Kier molecular flexibility index (Phi) is 6.29. The number of nitrogens with zero attached hydrogens (tertiary/aromatic N) is 2. The van der Waals surface area contributed by atoms with Gasteiger partial charge in [0.15, 0.2) is 0 Å². The van der Waals surface area contributed by atoms with E-state index in [0.717, 1.165) is 74.8 Å². The number of benzene rings is 1. The molecular formula is C22H28N2O3S. The van der Waals surface area contributed by atoms with Crippen LogP contribution in [-0.2, 0) is 9.47 Å². The molecule has 0 spiro atoms. The second kappa shape index (κ2) is 9.07. The predicted octanol–water partition coefficient (Wildman–Crippen LogP) is 3.89. The minimum absolute atomic E-state index is 0.150. The van der Waals surface area contributed by atoms with Crippen LogP contribution < -0.4 is 4.90 Å². The third kappa shape index (κ3) is 4.24. The fourth-order valence-corrected chi connectivity index (χ4v) is 5.13. The van der Waals surface area contributed by atoms with Crippen LogP contribution in [0.4, 0.5) is 5.00 Å². The second-order valence-corrected chi connectivity index (χ2v) is 8.27. The number of ether oxygens (including phenoxy) is 2. The molecule has 0 unspecified atom stereocenters. The number of amides is 1. The molecule has 150 valence electrons. The van der Waals surface area contributed by atoms with E-state index in [1.165, 1.54) is 5.00 Å². The zero-order chi connectivity index (χ0) is 19.3. The summed E-state index contributed by atoms with van der Waals surface area (Å²) in [4.78, 5) is 18.4. The van der Waals surface area contributed by atoms with Crippen molar-refractivity contribution in [2.75, 3.05) is 50.9 Å². The minimum Gasteiger partial charge on any atom is -0.378 e. The first-order valence-corrected chi connectivity index (χ1v) is 11.0. The van der Waals surface area contributed by atoms with E-state index in [1.54, 1.807) is 11.3 Å². The van der Waals surface area contributed by atoms with Crippen molar-refractivity contribution < 1.29 is 14.3 Å². The summed E-state index contributed by atoms with van der Waals surface area (Å²) < 4.78 is 11.2. The number of hydrogen-bond donors (Lipinski definition) is 0. The van der Waals surface area contributed by atoms with Gasteiger partial charge in [0.25, 0.3) is 5.91 Å². The third-order valence-electron chi connectivity index (χ3n) is 5.44. The molecule has 5 nitrogen and oxygen atoms in total. The quantitative estimate of drug-likeness (QED) is 0.764. The first-order chi connectivity index (χ1) is 13.8. The molecule has 2 aliphatic rings. The van der Waals surface area contributed by atoms with Crippen molar-refractivity contribution in [1.29, 1.82) is 0 Å². The van der Waals surface area contributed by atoms with Crippen molar-refractivity contribution in [2.45, 2.75) is 25.9 Å². The molecule has 2 aliphatic heterocycles. The van der Waals surface area contributed by atoms with E-state index in [0.29, 0.717) is 6.10 Å². The van der Waals surface area contributed by atoms with Gasteiger partial charge < -0.3 is 19.3 Å². The molecule has 0 saturated carbocycles. The van der Waals surface area contributed by atoms with Crippen LogP contribution in [0.2, 0.25) is 0 Å². The van der Waals surface area contributed by atoms with E-state index in [9.17, 15) is 4.79 Å². The lowest BCUT2D eigenvalue weighted by Crippen LogP contribution is -2.40. The molecule has 1 aromatic heterocycles. The highest BCUT2D eigenvalue weighted by Crippen LogP contribution is 2.40. The lowest BCUT2D eigenvalue weighted by molar-refractivity contribution is 0.0147. The molecule has 1 amide bonds. The van der Waals surface area contributed by atoms with Gasteiger partial charge in [0.2, 0.25) is 0 Å². The van der Waals surface area contributed by atoms with Gasteiger partial charge in [-0.25, -0.2) is 0 Å². The van der Waals surface area contributed by atoms with Crippen LogP contribution >= 0.6 is 11.3 Å². The SMILES string of the molecule is CCOC1CCN(C(=O)c2cc(-c3ccccc3)c(N3CCOCC3)s2)CC1. The third-order valence-corrected chi connectivity index (χ3v) is 6.62. The van der Waals surface area contributed by atoms with Gasteiger partial charge in [0, 0.05) is 38.3 Å². The summed E-state index contributed by atoms with van der Waals surface area (Å²) in [7, 11) is 0. The Labute approximate surface area is 170 Å². The molecule has 4 rings (SSSR count). The summed E-state index contributed by atoms with van der Waals surface area (Å²) in [6.45, 7) is 7.53. The largest absolute Gasteiger partial charge is 0.378 e. The Bertz CT molecular complexity index is 778. The van der Waals surface area contributed by atoms with Gasteiger partial charge in [0.05, 0.1) is 29.2 Å². The first-order valence-electron chi connectivity index (χ1n) is 10.2. The number of piperidine rings is 1. The van der Waals surface area contributed by atoms with E-state index in [2.05, 4.69) is 35.2 Å². The molecule has 3 heterocycles. The summed E-state index contributed by atoms with van der Waals surface area (Å²) in [5, 5.41) is 1.18. The number of thiophene rings is 1. The van der Waals surface area contributed by atoms with Crippen molar-refractivity contribution >= 4 is 22.2 Å². The molecular weight excluding hydrogens is 372 g/mol. The van der Waals surface area contributed by atoms with E-state index in [4.69, 9.17) is 9.47 Å². The summed E-state index contributed by atoms with van der Waals surface area (Å²) in [5.41, 5.74) is 2.31. The van der Waals surface area contributed by atoms with Gasteiger partial charge in [-0.2, -0.15) is 0 Å². The molecule has 2 saturated heterocycles. The van der Waals surface area contributed by atoms with Gasteiger partial charge in [-0.15, -0.1) is 11.3 Å². The van der Waals surface area contributed by atoms with Crippen LogP contribution in [0.5, 0.6) is 0 Å². The van der Waals surface area contributed by atoms with Gasteiger partial charge in [-0.3, -0.25) is 4.79 Å². The monoisotopic (exact) mass is 400 g/mol. The summed E-state index contributed by atoms with van der Waals surface area (Å²) in [6.07, 6.45) is 2.14. The molecule has 2 fully saturated rings. The molecule has 0 atom stereocenters. The number of likely N-dealkylation sites (tertiary alicyclic amines) is 1. The van der Waals surface area contributed by atoms with Crippen LogP contribution in [0.3, 0.4) is 0 Å². The molecule has 0 radical (unpaired) electrons. The van der Waals surface area contributed by atoms with E-state index < -0.39 is 0 Å². The van der Waals surface area contributed by atoms with Crippen LogP contribution in [0.25, 0.3) is 11.1 Å². The smallest absolute Gasteiger partial charge is 0.264 e. The molecule has 6 heteroatoms. The number of hydrogen-bond acceptors (Lipinski definition) is 5. The van der Waals surface area contributed by atoms with Gasteiger partial charge >= 0.3 is 0 Å². The molecule has 2 aromatic rings. The second-order valence-electron chi connectivity index (χ2n) is 7.24. The number of rotatable bonds is 5. The van der Waals surface area contributed by atoms with Crippen LogP contribution in [0.1, 0.15) is 29.4 Å². The Morgan fingerprint density at radius 3 is 2.54 bits per heavy atom. The fourth-order valence-electron chi connectivity index (χ4n) is 3.93. The first kappa shape index (κ1) is 19.4. The highest BCUT2D eigenvalue weighted by atomic mass is 32.1. The lowest BCUT2D eigenvalue weighted by atomic mass is 10.1. The number of anilines is 1. The van der Waals surface area contributed by atoms with Gasteiger partial charge in [-0.05, 0) is 31.4 Å². The van der Waals surface area contributed by atoms with Crippen molar-refractivity contribution in [2.24, 2.45) is 0 Å². The van der Waals surface area contributed by atoms with Crippen molar-refractivity contribution in [3.05, 3.63) is 41.3 Å².